The highest BCUT2D eigenvalue weighted by Gasteiger charge is 2.28. The van der Waals surface area contributed by atoms with Crippen LogP contribution in [-0.4, -0.2) is 34.0 Å². The van der Waals surface area contributed by atoms with Gasteiger partial charge in [-0.05, 0) is 49.4 Å². The number of fused-ring (bicyclic) bond motifs is 1. The van der Waals surface area contributed by atoms with E-state index in [4.69, 9.17) is 0 Å². The monoisotopic (exact) mass is 284 g/mol. The number of carboxylic acid groups (broad SMARTS) is 1. The van der Waals surface area contributed by atoms with Crippen LogP contribution in [0.1, 0.15) is 31.4 Å². The van der Waals surface area contributed by atoms with E-state index < -0.39 is 5.97 Å². The Bertz CT molecular complexity index is 656. The molecule has 1 saturated heterocycles. The van der Waals surface area contributed by atoms with Gasteiger partial charge < -0.3 is 5.11 Å². The molecule has 0 spiro atoms. The molecule has 0 bridgehead atoms. The van der Waals surface area contributed by atoms with Crippen LogP contribution in [0.15, 0.2) is 36.7 Å². The minimum Gasteiger partial charge on any atom is -0.481 e. The van der Waals surface area contributed by atoms with Gasteiger partial charge in [0.05, 0.1) is 5.92 Å². The molecule has 1 aliphatic rings. The number of hydrogen-bond donors (Lipinski definition) is 1. The Morgan fingerprint density at radius 2 is 2.24 bits per heavy atom. The van der Waals surface area contributed by atoms with Crippen LogP contribution in [0.2, 0.25) is 0 Å². The van der Waals surface area contributed by atoms with E-state index >= 15 is 0 Å². The van der Waals surface area contributed by atoms with E-state index in [1.165, 1.54) is 10.9 Å². The van der Waals surface area contributed by atoms with Crippen LogP contribution in [0.4, 0.5) is 0 Å². The Morgan fingerprint density at radius 3 is 3.05 bits per heavy atom. The molecule has 1 aromatic carbocycles. The first-order valence-corrected chi connectivity index (χ1v) is 7.45. The highest BCUT2D eigenvalue weighted by atomic mass is 16.4. The molecule has 3 rings (SSSR count). The first-order chi connectivity index (χ1) is 10.1. The number of benzene rings is 1. The van der Waals surface area contributed by atoms with E-state index in [1.807, 2.05) is 12.3 Å². The summed E-state index contributed by atoms with van der Waals surface area (Å²) in [6.45, 7) is 3.77. The highest BCUT2D eigenvalue weighted by molar-refractivity contribution is 5.82. The summed E-state index contributed by atoms with van der Waals surface area (Å²) in [5, 5.41) is 11.5. The number of carbonyl (C=O) groups is 1. The quantitative estimate of drug-likeness (QED) is 0.941. The van der Waals surface area contributed by atoms with Crippen molar-refractivity contribution in [3.8, 4) is 0 Å². The molecule has 0 aliphatic carbocycles. The van der Waals surface area contributed by atoms with Crippen molar-refractivity contribution < 1.29 is 9.90 Å². The number of rotatable bonds is 3. The third-order valence-electron chi connectivity index (χ3n) is 4.50. The van der Waals surface area contributed by atoms with Crippen LogP contribution in [0.5, 0.6) is 0 Å². The van der Waals surface area contributed by atoms with Crippen molar-refractivity contribution in [3.05, 3.63) is 42.2 Å². The van der Waals surface area contributed by atoms with Gasteiger partial charge in [0.2, 0.25) is 0 Å². The maximum absolute atomic E-state index is 11.2. The first-order valence-electron chi connectivity index (χ1n) is 7.45. The first kappa shape index (κ1) is 14.0. The molecule has 0 saturated carbocycles. The molecule has 0 amide bonds. The number of hydrogen-bond acceptors (Lipinski definition) is 3. The molecule has 1 fully saturated rings. The summed E-state index contributed by atoms with van der Waals surface area (Å²) >= 11 is 0. The van der Waals surface area contributed by atoms with Gasteiger partial charge in [-0.1, -0.05) is 12.1 Å². The molecule has 2 unspecified atom stereocenters. The standard InChI is InChI=1S/C17H20N2O2/c1-12(19-8-2-3-16(11-19)17(20)21)13-4-5-15-10-18-7-6-14(15)9-13/h4-7,9-10,12,16H,2-3,8,11H2,1H3,(H,20,21). The van der Waals surface area contributed by atoms with E-state index in [0.29, 0.717) is 6.54 Å². The molecule has 21 heavy (non-hydrogen) atoms. The number of piperidine rings is 1. The molecule has 1 N–H and O–H groups in total. The average molecular weight is 284 g/mol. The van der Waals surface area contributed by atoms with E-state index in [-0.39, 0.29) is 12.0 Å². The second kappa shape index (κ2) is 5.82. The number of pyridine rings is 1. The third-order valence-corrected chi connectivity index (χ3v) is 4.50. The summed E-state index contributed by atoms with van der Waals surface area (Å²) in [7, 11) is 0. The van der Waals surface area contributed by atoms with Gasteiger partial charge in [-0.25, -0.2) is 0 Å². The fourth-order valence-electron chi connectivity index (χ4n) is 3.13. The molecule has 1 aliphatic heterocycles. The maximum Gasteiger partial charge on any atom is 0.307 e. The predicted octanol–water partition coefficient (Wildman–Crippen LogP) is 3.09. The minimum atomic E-state index is -0.670. The third kappa shape index (κ3) is 2.90. The SMILES string of the molecule is CC(c1ccc2cnccc2c1)N1CCCC(C(=O)O)C1. The summed E-state index contributed by atoms with van der Waals surface area (Å²) in [6.07, 6.45) is 5.42. The summed E-state index contributed by atoms with van der Waals surface area (Å²) in [6, 6.07) is 8.66. The highest BCUT2D eigenvalue weighted by Crippen LogP contribution is 2.28. The number of likely N-dealkylation sites (tertiary alicyclic amines) is 1. The fourth-order valence-corrected chi connectivity index (χ4v) is 3.13. The Labute approximate surface area is 124 Å². The Morgan fingerprint density at radius 1 is 1.38 bits per heavy atom. The van der Waals surface area contributed by atoms with Crippen LogP contribution >= 0.6 is 0 Å². The largest absolute Gasteiger partial charge is 0.481 e. The van der Waals surface area contributed by atoms with Crippen molar-refractivity contribution in [1.29, 1.82) is 0 Å². The van der Waals surface area contributed by atoms with Gasteiger partial charge in [-0.2, -0.15) is 0 Å². The topological polar surface area (TPSA) is 53.4 Å². The normalized spacial score (nSPS) is 21.3. The molecule has 2 aromatic rings. The summed E-state index contributed by atoms with van der Waals surface area (Å²) in [5.41, 5.74) is 1.24. The van der Waals surface area contributed by atoms with E-state index in [9.17, 15) is 9.90 Å². The Balaban J connectivity index is 1.82. The van der Waals surface area contributed by atoms with E-state index in [2.05, 4.69) is 35.0 Å². The lowest BCUT2D eigenvalue weighted by Gasteiger charge is -2.35. The lowest BCUT2D eigenvalue weighted by atomic mass is 9.95. The number of aromatic nitrogens is 1. The van der Waals surface area contributed by atoms with Crippen molar-refractivity contribution in [2.75, 3.05) is 13.1 Å². The zero-order valence-corrected chi connectivity index (χ0v) is 12.2. The van der Waals surface area contributed by atoms with Crippen molar-refractivity contribution in [1.82, 2.24) is 9.88 Å². The van der Waals surface area contributed by atoms with Crippen LogP contribution in [-0.2, 0) is 4.79 Å². The van der Waals surface area contributed by atoms with Gasteiger partial charge in [0.25, 0.3) is 0 Å². The predicted molar refractivity (Wildman–Crippen MR) is 82.1 cm³/mol. The zero-order valence-electron chi connectivity index (χ0n) is 12.2. The molecular weight excluding hydrogens is 264 g/mol. The lowest BCUT2D eigenvalue weighted by molar-refractivity contribution is -0.143. The smallest absolute Gasteiger partial charge is 0.307 e. The Kier molecular flexibility index (Phi) is 3.88. The van der Waals surface area contributed by atoms with E-state index in [1.54, 1.807) is 6.20 Å². The lowest BCUT2D eigenvalue weighted by Crippen LogP contribution is -2.40. The van der Waals surface area contributed by atoms with Gasteiger partial charge in [0.15, 0.2) is 0 Å². The fraction of sp³-hybridized carbons (Fsp3) is 0.412. The molecule has 110 valence electrons. The second-order valence-electron chi connectivity index (χ2n) is 5.83. The van der Waals surface area contributed by atoms with E-state index in [0.717, 1.165) is 24.8 Å². The molecule has 2 heterocycles. The number of aliphatic carboxylic acids is 1. The summed E-state index contributed by atoms with van der Waals surface area (Å²) in [5.74, 6) is -0.901. The van der Waals surface area contributed by atoms with Crippen LogP contribution in [0.3, 0.4) is 0 Å². The maximum atomic E-state index is 11.2. The van der Waals surface area contributed by atoms with Crippen molar-refractivity contribution in [3.63, 3.8) is 0 Å². The molecule has 0 radical (unpaired) electrons. The van der Waals surface area contributed by atoms with Gasteiger partial charge >= 0.3 is 5.97 Å². The molecule has 4 nitrogen and oxygen atoms in total. The Hall–Kier alpha value is -1.94. The van der Waals surface area contributed by atoms with Gasteiger partial charge in [-0.15, -0.1) is 0 Å². The van der Waals surface area contributed by atoms with Crippen molar-refractivity contribution >= 4 is 16.7 Å². The second-order valence-corrected chi connectivity index (χ2v) is 5.83. The molecule has 4 heteroatoms. The van der Waals surface area contributed by atoms with Gasteiger partial charge in [0, 0.05) is 30.4 Å². The summed E-state index contributed by atoms with van der Waals surface area (Å²) in [4.78, 5) is 17.6. The molecule has 1 aromatic heterocycles. The number of nitrogens with zero attached hydrogens (tertiary/aromatic N) is 2. The van der Waals surface area contributed by atoms with Crippen LogP contribution in [0, 0.1) is 5.92 Å². The molecular formula is C17H20N2O2. The van der Waals surface area contributed by atoms with Crippen LogP contribution < -0.4 is 0 Å². The molecule has 2 atom stereocenters. The summed E-state index contributed by atoms with van der Waals surface area (Å²) < 4.78 is 0. The average Bonchev–Trinajstić information content (AvgIpc) is 2.53. The van der Waals surface area contributed by atoms with Gasteiger partial charge in [-0.3, -0.25) is 14.7 Å². The number of carboxylic acids is 1. The minimum absolute atomic E-state index is 0.231. The zero-order chi connectivity index (χ0) is 14.8. The van der Waals surface area contributed by atoms with Crippen molar-refractivity contribution in [2.24, 2.45) is 5.92 Å². The van der Waals surface area contributed by atoms with Crippen LogP contribution in [0.25, 0.3) is 10.8 Å². The van der Waals surface area contributed by atoms with Crippen molar-refractivity contribution in [2.45, 2.75) is 25.8 Å². The van der Waals surface area contributed by atoms with Gasteiger partial charge in [0.1, 0.15) is 0 Å².